The molecule has 2 atom stereocenters. The molecule has 0 aromatic heterocycles. The van der Waals surface area contributed by atoms with Crippen molar-refractivity contribution < 1.29 is 32.8 Å². The zero-order valence-electron chi connectivity index (χ0n) is 20.7. The third kappa shape index (κ3) is 5.61. The number of amides is 2. The summed E-state index contributed by atoms with van der Waals surface area (Å²) in [5, 5.41) is 0. The molecule has 2 saturated heterocycles. The number of likely N-dealkylation sites (tertiary alicyclic amines) is 2. The van der Waals surface area contributed by atoms with Crippen LogP contribution in [0.15, 0.2) is 60.7 Å². The number of nitrogens with zero attached hydrogens (tertiary/aromatic N) is 2. The fourth-order valence-electron chi connectivity index (χ4n) is 5.76. The fourth-order valence-corrected chi connectivity index (χ4v) is 10.7. The molecule has 2 fully saturated rings. The molecule has 2 heterocycles. The van der Waals surface area contributed by atoms with Gasteiger partial charge in [-0.25, -0.2) is 0 Å². The summed E-state index contributed by atoms with van der Waals surface area (Å²) in [7, 11) is 0. The molecule has 2 aliphatic heterocycles. The number of nitrogens with one attached hydrogen (secondary N) is 2. The van der Waals surface area contributed by atoms with E-state index in [0.29, 0.717) is 20.1 Å². The van der Waals surface area contributed by atoms with Gasteiger partial charge in [0.1, 0.15) is 0 Å². The van der Waals surface area contributed by atoms with Crippen molar-refractivity contribution in [2.75, 3.05) is 26.2 Å². The first-order valence-corrected chi connectivity index (χ1v) is 18.8. The van der Waals surface area contributed by atoms with Gasteiger partial charge >= 0.3 is 235 Å². The maximum atomic E-state index is 9.46. The topological polar surface area (TPSA) is 64.7 Å². The second kappa shape index (κ2) is 12.5. The maximum absolute atomic E-state index is 9.46. The summed E-state index contributed by atoms with van der Waals surface area (Å²) in [5.74, 6) is 0. The first-order chi connectivity index (χ1) is 17.8. The van der Waals surface area contributed by atoms with E-state index in [1.165, 1.54) is 63.0 Å². The van der Waals surface area contributed by atoms with Gasteiger partial charge in [-0.05, 0) is 0 Å². The summed E-state index contributed by atoms with van der Waals surface area (Å²) >= 11 is -1.91. The van der Waals surface area contributed by atoms with Crippen LogP contribution in [0.4, 0.5) is 0 Å². The predicted molar refractivity (Wildman–Crippen MR) is 141 cm³/mol. The number of hydrogen-bond donors (Lipinski definition) is 2. The van der Waals surface area contributed by atoms with Crippen molar-refractivity contribution in [2.45, 2.75) is 32.9 Å². The van der Waals surface area contributed by atoms with E-state index in [2.05, 4.69) is 78.5 Å². The Labute approximate surface area is 233 Å². The van der Waals surface area contributed by atoms with Gasteiger partial charge < -0.3 is 0 Å². The number of allylic oxidation sites excluding steroid dienone is 2. The molecule has 0 radical (unpaired) electrons. The van der Waals surface area contributed by atoms with E-state index in [1.54, 1.807) is 22.5 Å². The van der Waals surface area contributed by atoms with Crippen LogP contribution in [0.5, 0.6) is 0 Å². The van der Waals surface area contributed by atoms with E-state index in [9.17, 15) is 9.59 Å². The summed E-state index contributed by atoms with van der Waals surface area (Å²) in [6, 6.07) is 18.5. The zero-order chi connectivity index (χ0) is 24.7. The molecule has 0 spiro atoms. The average Bonchev–Trinajstić information content (AvgIpc) is 3.72. The van der Waals surface area contributed by atoms with E-state index in [0.717, 1.165) is 0 Å². The third-order valence-electron chi connectivity index (χ3n) is 7.42. The monoisotopic (exact) mass is 616 g/mol. The molecule has 2 aromatic carbocycles. The second-order valence-corrected chi connectivity index (χ2v) is 15.9. The Bertz CT molecular complexity index is 1050. The van der Waals surface area contributed by atoms with Crippen LogP contribution in [0.3, 0.4) is 0 Å². The van der Waals surface area contributed by atoms with Crippen molar-refractivity contribution in [3.05, 3.63) is 82.9 Å². The molecule has 2 aliphatic carbocycles. The molecule has 0 bridgehead atoms. The number of carbonyl (C=O) groups excluding carboxylic acids is 2. The van der Waals surface area contributed by atoms with Gasteiger partial charge in [-0.2, -0.15) is 0 Å². The van der Waals surface area contributed by atoms with E-state index < -0.39 is 41.1 Å². The number of hydrogen-bond acceptors (Lipinski definition) is 4. The van der Waals surface area contributed by atoms with E-state index >= 15 is 0 Å². The minimum atomic E-state index is -1.18. The van der Waals surface area contributed by atoms with Crippen molar-refractivity contribution in [2.24, 2.45) is 0 Å². The molecule has 6 nitrogen and oxygen atoms in total. The summed E-state index contributed by atoms with van der Waals surface area (Å²) in [6.07, 6.45) is 11.9. The quantitative estimate of drug-likeness (QED) is 0.271. The van der Waals surface area contributed by atoms with Crippen LogP contribution in [-0.2, 0) is 32.8 Å². The van der Waals surface area contributed by atoms with Crippen LogP contribution < -0.4 is 8.05 Å². The van der Waals surface area contributed by atoms with E-state index in [-0.39, 0.29) is 0 Å². The van der Waals surface area contributed by atoms with Gasteiger partial charge in [-0.1, -0.05) is 0 Å². The number of rotatable bonds is 8. The Balaban J connectivity index is 0.000000338. The van der Waals surface area contributed by atoms with Crippen molar-refractivity contribution in [3.8, 4) is 0 Å². The summed E-state index contributed by atoms with van der Waals surface area (Å²) in [6.45, 7) is 4.96. The van der Waals surface area contributed by atoms with Crippen molar-refractivity contribution in [1.82, 2.24) is 17.8 Å². The first kappa shape index (κ1) is 25.6. The average molecular weight is 619 g/mol. The Hall–Kier alpha value is -2.02. The predicted octanol–water partition coefficient (Wildman–Crippen LogP) is 3.20. The molecule has 6 rings (SSSR count). The fraction of sp³-hybridized carbons (Fsp3) is 0.357. The van der Waals surface area contributed by atoms with Gasteiger partial charge in [-0.15, -0.1) is 0 Å². The van der Waals surface area contributed by atoms with Gasteiger partial charge in [-0.3, -0.25) is 0 Å². The molecule has 4 aliphatic rings. The van der Waals surface area contributed by atoms with Crippen LogP contribution in [0.1, 0.15) is 55.2 Å². The SMILES string of the molecule is C1=C(N2CCCC2)c2ccccc2[CH]1[Zr][CH]1C=C(N2CCCC2)c2ccccc21.O=C[NH][GaH][NH]C=O. The van der Waals surface area contributed by atoms with E-state index in [1.807, 2.05) is 0 Å². The number of carbonyl (C=O) groups is 2. The molecule has 2 unspecified atom stereocenters. The van der Waals surface area contributed by atoms with Gasteiger partial charge in [0.2, 0.25) is 0 Å². The van der Waals surface area contributed by atoms with Crippen molar-refractivity contribution in [1.29, 1.82) is 0 Å². The van der Waals surface area contributed by atoms with Gasteiger partial charge in [0.25, 0.3) is 0 Å². The van der Waals surface area contributed by atoms with Gasteiger partial charge in [0.05, 0.1) is 0 Å². The van der Waals surface area contributed by atoms with Crippen molar-refractivity contribution >= 4 is 42.1 Å². The number of benzene rings is 2. The third-order valence-corrected chi connectivity index (χ3v) is 13.1. The Morgan fingerprint density at radius 2 is 1.11 bits per heavy atom. The van der Waals surface area contributed by atoms with Crippen LogP contribution in [-0.4, -0.2) is 66.7 Å². The Kier molecular flexibility index (Phi) is 8.88. The first-order valence-electron chi connectivity index (χ1n) is 13.0. The molecule has 8 heteroatoms. The summed E-state index contributed by atoms with van der Waals surface area (Å²) < 4.78 is 6.21. The van der Waals surface area contributed by atoms with Crippen LogP contribution in [0.25, 0.3) is 11.4 Å². The van der Waals surface area contributed by atoms with Gasteiger partial charge in [0.15, 0.2) is 0 Å². The van der Waals surface area contributed by atoms with Gasteiger partial charge in [0, 0.05) is 0 Å². The van der Waals surface area contributed by atoms with Crippen LogP contribution in [0, 0.1) is 0 Å². The minimum absolute atomic E-state index is 0.594. The summed E-state index contributed by atoms with van der Waals surface area (Å²) in [4.78, 5) is 24.2. The van der Waals surface area contributed by atoms with E-state index in [4.69, 9.17) is 0 Å². The van der Waals surface area contributed by atoms with Crippen LogP contribution >= 0.6 is 0 Å². The Morgan fingerprint density at radius 3 is 1.53 bits per heavy atom. The van der Waals surface area contributed by atoms with Crippen LogP contribution in [0.2, 0.25) is 0 Å². The molecular weight excluding hydrogens is 585 g/mol. The molecule has 0 saturated carbocycles. The number of fused-ring (bicyclic) bond motifs is 2. The molecule has 2 aromatic rings. The molecule has 36 heavy (non-hydrogen) atoms. The zero-order valence-corrected chi connectivity index (χ0v) is 26.1. The summed E-state index contributed by atoms with van der Waals surface area (Å²) in [5.41, 5.74) is 9.35. The molecule has 2 amide bonds. The normalized spacial score (nSPS) is 21.4. The molecular formula is C28H33GaN4O2Zr. The van der Waals surface area contributed by atoms with Crippen molar-refractivity contribution in [3.63, 3.8) is 0 Å². The Morgan fingerprint density at radius 1 is 0.694 bits per heavy atom. The molecule has 2 N–H and O–H groups in total. The second-order valence-electron chi connectivity index (χ2n) is 9.61. The molecule has 184 valence electrons. The standard InChI is InChI=1S/2C13H14N.2CH3NO.Ga.Zr.H/c2*1-2-6-12-11(5-1)7-8-13(12)14-9-3-4-10-14;2*2-1-3;;;/h2*1-2,5-8H,3-4,9-10H2;2*1H,(H2,2,3);;;/q;;;;+2;;/p-2.